The molecule has 7 heteroatoms. The van der Waals surface area contributed by atoms with E-state index in [1.807, 2.05) is 11.7 Å². The van der Waals surface area contributed by atoms with Crippen LogP contribution in [0.25, 0.3) is 0 Å². The minimum atomic E-state index is -2.62. The van der Waals surface area contributed by atoms with Gasteiger partial charge in [-0.3, -0.25) is 9.58 Å². The van der Waals surface area contributed by atoms with Gasteiger partial charge >= 0.3 is 0 Å². The molecule has 1 spiro atoms. The highest BCUT2D eigenvalue weighted by Gasteiger charge is 2.47. The second-order valence-electron chi connectivity index (χ2n) is 10.7. The Bertz CT molecular complexity index is 753. The van der Waals surface area contributed by atoms with E-state index in [0.29, 0.717) is 19.0 Å². The van der Waals surface area contributed by atoms with Crippen LogP contribution in [0.4, 0.5) is 8.78 Å². The highest BCUT2D eigenvalue weighted by Crippen LogP contribution is 2.51. The lowest BCUT2D eigenvalue weighted by atomic mass is 9.71. The summed E-state index contributed by atoms with van der Waals surface area (Å²) in [6, 6.07) is 0. The molecular formula is C23H38F2N4O. The van der Waals surface area contributed by atoms with Crippen molar-refractivity contribution in [1.82, 2.24) is 20.0 Å². The molecule has 0 aromatic carbocycles. The number of nitrogens with one attached hydrogen (secondary N) is 1. The fourth-order valence-corrected chi connectivity index (χ4v) is 5.84. The molecule has 0 atom stereocenters. The van der Waals surface area contributed by atoms with E-state index in [2.05, 4.69) is 31.1 Å². The zero-order chi connectivity index (χ0) is 21.6. The van der Waals surface area contributed by atoms with Crippen molar-refractivity contribution in [1.29, 1.82) is 0 Å². The molecule has 3 heterocycles. The van der Waals surface area contributed by atoms with Crippen LogP contribution in [0.5, 0.6) is 0 Å². The Balaban J connectivity index is 1.56. The van der Waals surface area contributed by atoms with E-state index in [4.69, 9.17) is 9.84 Å². The zero-order valence-corrected chi connectivity index (χ0v) is 19.1. The topological polar surface area (TPSA) is 42.3 Å². The van der Waals surface area contributed by atoms with Crippen LogP contribution in [0, 0.1) is 5.41 Å². The predicted octanol–water partition coefficient (Wildman–Crippen LogP) is 3.96. The number of hydrogen-bond donors (Lipinski definition) is 1. The SMILES string of the molecule is CNCCN(C)Cc1nn2c(c1[C@H]1CC[C@@]3(CC1)CC(C)(C)CO3)CC(F)(F)CC2. The predicted molar refractivity (Wildman–Crippen MR) is 114 cm³/mol. The molecule has 0 radical (unpaired) electrons. The van der Waals surface area contributed by atoms with E-state index in [-0.39, 0.29) is 23.9 Å². The minimum Gasteiger partial charge on any atom is -0.374 e. The van der Waals surface area contributed by atoms with Crippen LogP contribution < -0.4 is 5.32 Å². The number of rotatable bonds is 6. The van der Waals surface area contributed by atoms with Crippen molar-refractivity contribution in [2.24, 2.45) is 5.41 Å². The third-order valence-corrected chi connectivity index (χ3v) is 7.33. The first-order chi connectivity index (χ1) is 14.1. The van der Waals surface area contributed by atoms with Gasteiger partial charge in [-0.25, -0.2) is 8.78 Å². The molecule has 3 aliphatic rings. The lowest BCUT2D eigenvalue weighted by molar-refractivity contribution is -0.0313. The minimum absolute atomic E-state index is 0.000906. The quantitative estimate of drug-likeness (QED) is 0.751. The van der Waals surface area contributed by atoms with E-state index in [9.17, 15) is 8.78 Å². The summed E-state index contributed by atoms with van der Waals surface area (Å²) in [5, 5.41) is 8.02. The van der Waals surface area contributed by atoms with E-state index >= 15 is 0 Å². The van der Waals surface area contributed by atoms with Gasteiger partial charge in [0, 0.05) is 43.9 Å². The first-order valence-electron chi connectivity index (χ1n) is 11.6. The van der Waals surface area contributed by atoms with Gasteiger partial charge in [0.05, 0.1) is 24.3 Å². The lowest BCUT2D eigenvalue weighted by Crippen LogP contribution is -2.35. The third kappa shape index (κ3) is 4.58. The monoisotopic (exact) mass is 424 g/mol. The molecule has 5 nitrogen and oxygen atoms in total. The number of aromatic nitrogens is 2. The molecule has 1 aromatic rings. The molecule has 30 heavy (non-hydrogen) atoms. The summed E-state index contributed by atoms with van der Waals surface area (Å²) in [6.45, 7) is 8.24. The Morgan fingerprint density at radius 1 is 1.23 bits per heavy atom. The number of nitrogens with zero attached hydrogens (tertiary/aromatic N) is 3. The number of fused-ring (bicyclic) bond motifs is 1. The Hall–Kier alpha value is -1.05. The Kier molecular flexibility index (Phi) is 6.01. The summed E-state index contributed by atoms with van der Waals surface area (Å²) >= 11 is 0. The fraction of sp³-hybridized carbons (Fsp3) is 0.870. The van der Waals surface area contributed by atoms with Crippen molar-refractivity contribution in [2.75, 3.05) is 33.8 Å². The van der Waals surface area contributed by atoms with Crippen LogP contribution in [0.3, 0.4) is 0 Å². The van der Waals surface area contributed by atoms with E-state index in [1.54, 1.807) is 0 Å². The number of halogens is 2. The molecule has 0 amide bonds. The van der Waals surface area contributed by atoms with Gasteiger partial charge in [-0.1, -0.05) is 13.8 Å². The van der Waals surface area contributed by atoms with Crippen molar-refractivity contribution < 1.29 is 13.5 Å². The number of aryl methyl sites for hydroxylation is 1. The maximum Gasteiger partial charge on any atom is 0.255 e. The highest BCUT2D eigenvalue weighted by molar-refractivity contribution is 5.33. The average molecular weight is 425 g/mol. The maximum atomic E-state index is 14.3. The van der Waals surface area contributed by atoms with Crippen LogP contribution >= 0.6 is 0 Å². The second-order valence-corrected chi connectivity index (χ2v) is 10.7. The smallest absolute Gasteiger partial charge is 0.255 e. The molecule has 4 rings (SSSR count). The number of likely N-dealkylation sites (N-methyl/N-ethyl adjacent to an activating group) is 2. The summed E-state index contributed by atoms with van der Waals surface area (Å²) in [5.41, 5.74) is 3.16. The molecule has 1 saturated carbocycles. The fourth-order valence-electron chi connectivity index (χ4n) is 5.84. The first-order valence-corrected chi connectivity index (χ1v) is 11.6. The molecule has 1 aromatic heterocycles. The molecule has 1 aliphatic carbocycles. The number of alkyl halides is 2. The third-order valence-electron chi connectivity index (χ3n) is 7.33. The molecule has 0 bridgehead atoms. The van der Waals surface area contributed by atoms with Crippen LogP contribution in [-0.4, -0.2) is 60.0 Å². The van der Waals surface area contributed by atoms with Crippen molar-refractivity contribution in [2.45, 2.75) is 89.3 Å². The van der Waals surface area contributed by atoms with Crippen LogP contribution in [0.1, 0.15) is 75.2 Å². The normalized spacial score (nSPS) is 30.2. The lowest BCUT2D eigenvalue weighted by Gasteiger charge is -2.38. The molecule has 2 aliphatic heterocycles. The molecular weight excluding hydrogens is 386 g/mol. The summed E-state index contributed by atoms with van der Waals surface area (Å²) in [7, 11) is 4.03. The maximum absolute atomic E-state index is 14.3. The van der Waals surface area contributed by atoms with Gasteiger partial charge < -0.3 is 10.1 Å². The van der Waals surface area contributed by atoms with E-state index in [1.165, 1.54) is 0 Å². The van der Waals surface area contributed by atoms with Gasteiger partial charge in [-0.15, -0.1) is 0 Å². The average Bonchev–Trinajstić information content (AvgIpc) is 3.16. The van der Waals surface area contributed by atoms with Crippen LogP contribution in [0.2, 0.25) is 0 Å². The molecule has 2 fully saturated rings. The van der Waals surface area contributed by atoms with Crippen molar-refractivity contribution in [3.63, 3.8) is 0 Å². The number of ether oxygens (including phenoxy) is 1. The van der Waals surface area contributed by atoms with Gasteiger partial charge in [0.25, 0.3) is 5.92 Å². The Morgan fingerprint density at radius 2 is 1.97 bits per heavy atom. The van der Waals surface area contributed by atoms with Gasteiger partial charge in [-0.2, -0.15) is 5.10 Å². The summed E-state index contributed by atoms with van der Waals surface area (Å²) in [5.74, 6) is -2.30. The van der Waals surface area contributed by atoms with Crippen LogP contribution in [0.15, 0.2) is 0 Å². The van der Waals surface area contributed by atoms with Gasteiger partial charge in [-0.05, 0) is 57.5 Å². The second kappa shape index (κ2) is 8.14. The van der Waals surface area contributed by atoms with E-state index < -0.39 is 5.92 Å². The molecule has 170 valence electrons. The molecule has 0 unspecified atom stereocenters. The largest absolute Gasteiger partial charge is 0.374 e. The number of hydrogen-bond acceptors (Lipinski definition) is 4. The van der Waals surface area contributed by atoms with Crippen molar-refractivity contribution in [3.8, 4) is 0 Å². The highest BCUT2D eigenvalue weighted by atomic mass is 19.3. The van der Waals surface area contributed by atoms with Crippen molar-refractivity contribution >= 4 is 0 Å². The van der Waals surface area contributed by atoms with Gasteiger partial charge in [0.15, 0.2) is 0 Å². The zero-order valence-electron chi connectivity index (χ0n) is 19.1. The summed E-state index contributed by atoms with van der Waals surface area (Å²) < 4.78 is 36.8. The Morgan fingerprint density at radius 3 is 2.60 bits per heavy atom. The van der Waals surface area contributed by atoms with Crippen molar-refractivity contribution in [3.05, 3.63) is 17.0 Å². The standard InChI is InChI=1S/C23H38F2N4O/c1-21(2)15-22(30-16-21)7-5-17(6-8-22)20-18(14-28(4)12-10-26-3)27-29-11-9-23(24,25)13-19(20)29/h17,26H,5-16H2,1-4H3/t17-,22+. The van der Waals surface area contributed by atoms with Crippen LogP contribution in [-0.2, 0) is 24.2 Å². The molecule has 1 saturated heterocycles. The van der Waals surface area contributed by atoms with E-state index in [0.717, 1.165) is 68.8 Å². The first kappa shape index (κ1) is 22.2. The van der Waals surface area contributed by atoms with Gasteiger partial charge in [0.2, 0.25) is 0 Å². The summed E-state index contributed by atoms with van der Waals surface area (Å²) in [6.07, 6.45) is 4.90. The molecule has 1 N–H and O–H groups in total. The summed E-state index contributed by atoms with van der Waals surface area (Å²) in [4.78, 5) is 2.24. The Labute approximate surface area is 179 Å². The van der Waals surface area contributed by atoms with Gasteiger partial charge in [0.1, 0.15) is 0 Å².